The summed E-state index contributed by atoms with van der Waals surface area (Å²) in [5.74, 6) is 2.73. The first-order valence-corrected chi connectivity index (χ1v) is 6.48. The lowest BCUT2D eigenvalue weighted by Crippen LogP contribution is -2.04. The Morgan fingerprint density at radius 1 is 1.21 bits per heavy atom. The van der Waals surface area contributed by atoms with Gasteiger partial charge in [0.25, 0.3) is 0 Å². The van der Waals surface area contributed by atoms with Crippen molar-refractivity contribution in [2.45, 2.75) is 25.7 Å². The predicted octanol–water partition coefficient (Wildman–Crippen LogP) is 2.92. The molecule has 0 radical (unpaired) electrons. The number of rotatable bonds is 3. The van der Waals surface area contributed by atoms with Crippen LogP contribution in [0.4, 0.5) is 5.82 Å². The first-order valence-electron chi connectivity index (χ1n) is 6.48. The van der Waals surface area contributed by atoms with Crippen LogP contribution in [0.5, 0.6) is 5.75 Å². The number of ether oxygens (including phenoxy) is 1. The maximum Gasteiger partial charge on any atom is 0.134 e. The smallest absolute Gasteiger partial charge is 0.134 e. The molecule has 2 N–H and O–H groups in total. The van der Waals surface area contributed by atoms with Crippen molar-refractivity contribution >= 4 is 5.82 Å². The average molecular weight is 255 g/mol. The lowest BCUT2D eigenvalue weighted by molar-refractivity contribution is 0.416. The van der Waals surface area contributed by atoms with E-state index in [-0.39, 0.29) is 0 Å². The number of nitrogens with two attached hydrogens (primary N) is 1. The number of benzene rings is 1. The van der Waals surface area contributed by atoms with Gasteiger partial charge in [-0.15, -0.1) is 0 Å². The summed E-state index contributed by atoms with van der Waals surface area (Å²) in [5.41, 5.74) is 8.79. The fourth-order valence-corrected chi connectivity index (χ4v) is 2.18. The normalized spacial score (nSPS) is 14.4. The van der Waals surface area contributed by atoms with Crippen molar-refractivity contribution in [1.29, 1.82) is 0 Å². The molecule has 4 nitrogen and oxygen atoms in total. The van der Waals surface area contributed by atoms with Crippen LogP contribution in [0.3, 0.4) is 0 Å². The molecule has 1 aromatic carbocycles. The average Bonchev–Trinajstić information content (AvgIpc) is 3.26. The van der Waals surface area contributed by atoms with Gasteiger partial charge >= 0.3 is 0 Å². The highest BCUT2D eigenvalue weighted by Gasteiger charge is 2.28. The predicted molar refractivity (Wildman–Crippen MR) is 75.1 cm³/mol. The van der Waals surface area contributed by atoms with Crippen molar-refractivity contribution in [2.24, 2.45) is 0 Å². The lowest BCUT2D eigenvalue weighted by atomic mass is 10.1. The highest BCUT2D eigenvalue weighted by atomic mass is 16.5. The maximum atomic E-state index is 6.02. The molecule has 1 aromatic heterocycles. The van der Waals surface area contributed by atoms with Crippen LogP contribution in [-0.4, -0.2) is 17.1 Å². The summed E-state index contributed by atoms with van der Waals surface area (Å²) in [7, 11) is 1.67. The molecule has 0 atom stereocenters. The van der Waals surface area contributed by atoms with Gasteiger partial charge in [0.1, 0.15) is 17.4 Å². The fourth-order valence-electron chi connectivity index (χ4n) is 2.18. The molecule has 1 saturated carbocycles. The molecule has 2 aromatic rings. The number of nitrogen functional groups attached to an aromatic ring is 1. The topological polar surface area (TPSA) is 61.0 Å². The molecular formula is C15H17N3O. The van der Waals surface area contributed by atoms with Crippen LogP contribution in [0, 0.1) is 6.92 Å². The Kier molecular flexibility index (Phi) is 2.85. The number of para-hydroxylation sites is 1. The first kappa shape index (κ1) is 12.0. The second-order valence-corrected chi connectivity index (χ2v) is 4.92. The second-order valence-electron chi connectivity index (χ2n) is 4.92. The Labute approximate surface area is 112 Å². The minimum absolute atomic E-state index is 0.483. The van der Waals surface area contributed by atoms with Gasteiger partial charge in [-0.2, -0.15) is 0 Å². The third-order valence-corrected chi connectivity index (χ3v) is 3.51. The molecule has 19 heavy (non-hydrogen) atoms. The molecule has 0 saturated heterocycles. The fraction of sp³-hybridized carbons (Fsp3) is 0.333. The van der Waals surface area contributed by atoms with E-state index in [1.165, 1.54) is 0 Å². The van der Waals surface area contributed by atoms with Crippen LogP contribution in [0.2, 0.25) is 0 Å². The van der Waals surface area contributed by atoms with Crippen molar-refractivity contribution in [3.8, 4) is 17.0 Å². The third-order valence-electron chi connectivity index (χ3n) is 3.51. The van der Waals surface area contributed by atoms with E-state index in [0.29, 0.717) is 11.7 Å². The summed E-state index contributed by atoms with van der Waals surface area (Å²) in [5, 5.41) is 0. The zero-order valence-electron chi connectivity index (χ0n) is 11.2. The number of nitrogens with zero attached hydrogens (tertiary/aromatic N) is 2. The minimum atomic E-state index is 0.483. The zero-order valence-corrected chi connectivity index (χ0v) is 11.2. The van der Waals surface area contributed by atoms with E-state index in [1.807, 2.05) is 31.2 Å². The van der Waals surface area contributed by atoms with Gasteiger partial charge in [0.15, 0.2) is 0 Å². The van der Waals surface area contributed by atoms with Crippen LogP contribution >= 0.6 is 0 Å². The van der Waals surface area contributed by atoms with E-state index in [4.69, 9.17) is 15.5 Å². The molecule has 1 aliphatic rings. The standard InChI is InChI=1S/C15H17N3O/c1-9-13(11-5-3-4-6-12(11)19-2)17-15(10-7-8-10)18-14(9)16/h3-6,10H,7-8H2,1-2H3,(H2,16,17,18). The Morgan fingerprint density at radius 2 is 1.95 bits per heavy atom. The molecule has 0 unspecified atom stereocenters. The molecule has 98 valence electrons. The van der Waals surface area contributed by atoms with Crippen LogP contribution in [0.1, 0.15) is 30.1 Å². The van der Waals surface area contributed by atoms with E-state index in [0.717, 1.165) is 41.2 Å². The highest BCUT2D eigenvalue weighted by molar-refractivity contribution is 5.72. The van der Waals surface area contributed by atoms with Gasteiger partial charge in [-0.05, 0) is 31.9 Å². The molecule has 1 aliphatic carbocycles. The molecule has 0 amide bonds. The number of methoxy groups -OCH3 is 1. The largest absolute Gasteiger partial charge is 0.496 e. The van der Waals surface area contributed by atoms with Crippen molar-refractivity contribution in [2.75, 3.05) is 12.8 Å². The van der Waals surface area contributed by atoms with Crippen LogP contribution in [-0.2, 0) is 0 Å². The third kappa shape index (κ3) is 2.14. The number of aromatic nitrogens is 2. The molecule has 1 fully saturated rings. The molecule has 0 aliphatic heterocycles. The summed E-state index contributed by atoms with van der Waals surface area (Å²) >= 11 is 0. The molecule has 0 spiro atoms. The second kappa shape index (κ2) is 4.53. The van der Waals surface area contributed by atoms with Crippen LogP contribution in [0.15, 0.2) is 24.3 Å². The van der Waals surface area contributed by atoms with Gasteiger partial charge < -0.3 is 10.5 Å². The van der Waals surface area contributed by atoms with E-state index >= 15 is 0 Å². The maximum absolute atomic E-state index is 6.02. The van der Waals surface area contributed by atoms with Gasteiger partial charge in [0.2, 0.25) is 0 Å². The SMILES string of the molecule is COc1ccccc1-c1nc(C2CC2)nc(N)c1C. The minimum Gasteiger partial charge on any atom is -0.496 e. The Bertz CT molecular complexity index is 621. The van der Waals surface area contributed by atoms with E-state index in [1.54, 1.807) is 7.11 Å². The first-order chi connectivity index (χ1) is 9.20. The van der Waals surface area contributed by atoms with E-state index in [9.17, 15) is 0 Å². The summed E-state index contributed by atoms with van der Waals surface area (Å²) in [6.07, 6.45) is 2.32. The van der Waals surface area contributed by atoms with Gasteiger partial charge in [-0.25, -0.2) is 9.97 Å². The van der Waals surface area contributed by atoms with Crippen LogP contribution in [0.25, 0.3) is 11.3 Å². The Balaban J connectivity index is 2.17. The number of anilines is 1. The molecule has 4 heteroatoms. The van der Waals surface area contributed by atoms with Gasteiger partial charge in [0, 0.05) is 17.0 Å². The van der Waals surface area contributed by atoms with E-state index in [2.05, 4.69) is 4.98 Å². The molecular weight excluding hydrogens is 238 g/mol. The van der Waals surface area contributed by atoms with Crippen LogP contribution < -0.4 is 10.5 Å². The number of hydrogen-bond acceptors (Lipinski definition) is 4. The summed E-state index contributed by atoms with van der Waals surface area (Å²) in [6, 6.07) is 7.87. The molecule has 3 rings (SSSR count). The van der Waals surface area contributed by atoms with E-state index < -0.39 is 0 Å². The van der Waals surface area contributed by atoms with Gasteiger partial charge in [0.05, 0.1) is 12.8 Å². The zero-order chi connectivity index (χ0) is 13.4. The Hall–Kier alpha value is -2.10. The van der Waals surface area contributed by atoms with Gasteiger partial charge in [-0.3, -0.25) is 0 Å². The monoisotopic (exact) mass is 255 g/mol. The summed E-state index contributed by atoms with van der Waals surface area (Å²) in [4.78, 5) is 9.11. The van der Waals surface area contributed by atoms with Gasteiger partial charge in [-0.1, -0.05) is 12.1 Å². The Morgan fingerprint density at radius 3 is 2.63 bits per heavy atom. The van der Waals surface area contributed by atoms with Crippen molar-refractivity contribution < 1.29 is 4.74 Å². The molecule has 0 bridgehead atoms. The van der Waals surface area contributed by atoms with Crippen molar-refractivity contribution in [1.82, 2.24) is 9.97 Å². The molecule has 1 heterocycles. The number of hydrogen-bond donors (Lipinski definition) is 1. The highest BCUT2D eigenvalue weighted by Crippen LogP contribution is 2.40. The van der Waals surface area contributed by atoms with Crippen molar-refractivity contribution in [3.63, 3.8) is 0 Å². The van der Waals surface area contributed by atoms with Crippen molar-refractivity contribution in [3.05, 3.63) is 35.7 Å². The quantitative estimate of drug-likeness (QED) is 0.916. The summed E-state index contributed by atoms with van der Waals surface area (Å²) in [6.45, 7) is 1.95. The lowest BCUT2D eigenvalue weighted by Gasteiger charge is -2.12. The summed E-state index contributed by atoms with van der Waals surface area (Å²) < 4.78 is 5.41.